The van der Waals surface area contributed by atoms with Crippen LogP contribution in [0.2, 0.25) is 0 Å². The molecule has 1 unspecified atom stereocenters. The van der Waals surface area contributed by atoms with Gasteiger partial charge in [0.05, 0.1) is 23.3 Å². The van der Waals surface area contributed by atoms with Crippen molar-refractivity contribution in [2.45, 2.75) is 32.6 Å². The molecule has 2 aromatic heterocycles. The molecule has 1 aliphatic rings. The highest BCUT2D eigenvalue weighted by molar-refractivity contribution is 5.78. The summed E-state index contributed by atoms with van der Waals surface area (Å²) in [5, 5.41) is 0. The molecule has 3 aromatic rings. The van der Waals surface area contributed by atoms with E-state index in [0.717, 1.165) is 67.5 Å². The van der Waals surface area contributed by atoms with Crippen LogP contribution in [0.4, 0.5) is 5.82 Å². The van der Waals surface area contributed by atoms with Crippen molar-refractivity contribution in [2.75, 3.05) is 31.2 Å². The smallest absolute Gasteiger partial charge is 0.132 e. The topological polar surface area (TPSA) is 66.9 Å². The van der Waals surface area contributed by atoms with E-state index in [9.17, 15) is 0 Å². The summed E-state index contributed by atoms with van der Waals surface area (Å²) < 4.78 is 5.50. The predicted molar refractivity (Wildman–Crippen MR) is 103 cm³/mol. The van der Waals surface area contributed by atoms with Crippen LogP contribution in [0.1, 0.15) is 36.3 Å². The Labute approximate surface area is 153 Å². The third-order valence-corrected chi connectivity index (χ3v) is 5.11. The Bertz CT molecular complexity index is 885. The molecule has 0 amide bonds. The molecule has 3 heterocycles. The number of hydrogen-bond donors (Lipinski definition) is 1. The molecule has 1 atom stereocenters. The Balaban J connectivity index is 1.48. The molecule has 6 heteroatoms. The maximum absolute atomic E-state index is 5.50. The van der Waals surface area contributed by atoms with Gasteiger partial charge in [0.25, 0.3) is 0 Å². The van der Waals surface area contributed by atoms with Crippen LogP contribution in [0, 0.1) is 6.92 Å². The van der Waals surface area contributed by atoms with E-state index in [0.29, 0.717) is 5.92 Å². The van der Waals surface area contributed by atoms with Gasteiger partial charge < -0.3 is 14.6 Å². The summed E-state index contributed by atoms with van der Waals surface area (Å²) in [6, 6.07) is 8.36. The van der Waals surface area contributed by atoms with E-state index in [2.05, 4.69) is 58.0 Å². The minimum absolute atomic E-state index is 0.397. The molecular weight excluding hydrogens is 326 g/mol. The maximum atomic E-state index is 5.50. The van der Waals surface area contributed by atoms with Gasteiger partial charge in [0, 0.05) is 38.1 Å². The first-order chi connectivity index (χ1) is 12.7. The van der Waals surface area contributed by atoms with Gasteiger partial charge in [0.15, 0.2) is 0 Å². The summed E-state index contributed by atoms with van der Waals surface area (Å²) in [7, 11) is 0. The molecule has 0 radical (unpaired) electrons. The van der Waals surface area contributed by atoms with Crippen LogP contribution in [0.25, 0.3) is 11.0 Å². The van der Waals surface area contributed by atoms with E-state index >= 15 is 0 Å². The first kappa shape index (κ1) is 17.0. The van der Waals surface area contributed by atoms with Crippen LogP contribution in [-0.2, 0) is 11.2 Å². The third-order valence-electron chi connectivity index (χ3n) is 5.11. The predicted octanol–water partition coefficient (Wildman–Crippen LogP) is 3.23. The van der Waals surface area contributed by atoms with Gasteiger partial charge in [0.1, 0.15) is 18.0 Å². The lowest BCUT2D eigenvalue weighted by Gasteiger charge is -2.22. The number of benzene rings is 1. The second kappa shape index (κ2) is 7.41. The van der Waals surface area contributed by atoms with Crippen molar-refractivity contribution in [1.82, 2.24) is 19.9 Å². The molecule has 1 aromatic carbocycles. The van der Waals surface area contributed by atoms with Crippen molar-refractivity contribution in [2.24, 2.45) is 0 Å². The van der Waals surface area contributed by atoms with E-state index in [4.69, 9.17) is 9.72 Å². The van der Waals surface area contributed by atoms with E-state index < -0.39 is 0 Å². The summed E-state index contributed by atoms with van der Waals surface area (Å²) in [5.74, 6) is 2.40. The first-order valence-electron chi connectivity index (χ1n) is 9.33. The summed E-state index contributed by atoms with van der Waals surface area (Å²) in [6.45, 7) is 7.61. The number of fused-ring (bicyclic) bond motifs is 1. The highest BCUT2D eigenvalue weighted by Gasteiger charge is 2.20. The molecule has 26 heavy (non-hydrogen) atoms. The molecule has 4 rings (SSSR count). The summed E-state index contributed by atoms with van der Waals surface area (Å²) >= 11 is 0. The zero-order valence-electron chi connectivity index (χ0n) is 15.4. The molecule has 1 N–H and O–H groups in total. The number of nitrogens with one attached hydrogen (secondary N) is 1. The van der Waals surface area contributed by atoms with Crippen LogP contribution in [-0.4, -0.2) is 46.2 Å². The quantitative estimate of drug-likeness (QED) is 0.738. The highest BCUT2D eigenvalue weighted by atomic mass is 16.5. The number of rotatable bonds is 6. The Morgan fingerprint density at radius 2 is 2.23 bits per heavy atom. The maximum Gasteiger partial charge on any atom is 0.132 e. The molecule has 1 aliphatic heterocycles. The average molecular weight is 351 g/mol. The standard InChI is InChI=1S/C20H25N5O/c1-3-25(19-11-17(21-13-22-19)15-8-10-26-12-15)9-7-18-23-16-6-4-5-14(2)20(16)24-18/h4-6,11,13,15H,3,7-10,12H2,1-2H3,(H,23,24). The van der Waals surface area contributed by atoms with Gasteiger partial charge in [0.2, 0.25) is 0 Å². The fourth-order valence-electron chi connectivity index (χ4n) is 3.55. The van der Waals surface area contributed by atoms with Gasteiger partial charge >= 0.3 is 0 Å². The zero-order chi connectivity index (χ0) is 17.9. The average Bonchev–Trinajstić information content (AvgIpc) is 3.33. The van der Waals surface area contributed by atoms with Crippen LogP contribution in [0.3, 0.4) is 0 Å². The lowest BCUT2D eigenvalue weighted by atomic mass is 10.0. The normalized spacial score (nSPS) is 17.1. The van der Waals surface area contributed by atoms with Gasteiger partial charge in [-0.25, -0.2) is 15.0 Å². The molecular formula is C20H25N5O. The van der Waals surface area contributed by atoms with Gasteiger partial charge in [-0.15, -0.1) is 0 Å². The van der Waals surface area contributed by atoms with Crippen molar-refractivity contribution in [3.63, 3.8) is 0 Å². The van der Waals surface area contributed by atoms with E-state index in [1.54, 1.807) is 6.33 Å². The highest BCUT2D eigenvalue weighted by Crippen LogP contribution is 2.25. The number of nitrogens with zero attached hydrogens (tertiary/aromatic N) is 4. The number of hydrogen-bond acceptors (Lipinski definition) is 5. The van der Waals surface area contributed by atoms with E-state index in [-0.39, 0.29) is 0 Å². The van der Waals surface area contributed by atoms with Crippen molar-refractivity contribution >= 4 is 16.9 Å². The van der Waals surface area contributed by atoms with Crippen LogP contribution < -0.4 is 4.90 Å². The molecule has 0 aliphatic carbocycles. The van der Waals surface area contributed by atoms with E-state index in [1.165, 1.54) is 5.56 Å². The number of H-pyrrole nitrogens is 1. The second-order valence-corrected chi connectivity index (χ2v) is 6.85. The molecule has 0 spiro atoms. The van der Waals surface area contributed by atoms with Crippen molar-refractivity contribution in [1.29, 1.82) is 0 Å². The Morgan fingerprint density at radius 1 is 1.31 bits per heavy atom. The zero-order valence-corrected chi connectivity index (χ0v) is 15.4. The SMILES string of the molecule is CCN(CCc1nc2c(C)cccc2[nH]1)c1cc(C2CCOC2)ncn1. The number of aromatic nitrogens is 4. The summed E-state index contributed by atoms with van der Waals surface area (Å²) in [4.78, 5) is 19.4. The Hall–Kier alpha value is -2.47. The molecule has 1 fully saturated rings. The fourth-order valence-corrected chi connectivity index (χ4v) is 3.55. The summed E-state index contributed by atoms with van der Waals surface area (Å²) in [5.41, 5.74) is 4.46. The number of imidazole rings is 1. The van der Waals surface area contributed by atoms with Crippen molar-refractivity contribution < 1.29 is 4.74 Å². The minimum atomic E-state index is 0.397. The van der Waals surface area contributed by atoms with Crippen LogP contribution in [0.5, 0.6) is 0 Å². The molecule has 1 saturated heterocycles. The fraction of sp³-hybridized carbons (Fsp3) is 0.450. The molecule has 6 nitrogen and oxygen atoms in total. The largest absolute Gasteiger partial charge is 0.381 e. The van der Waals surface area contributed by atoms with Gasteiger partial charge in [-0.1, -0.05) is 12.1 Å². The van der Waals surface area contributed by atoms with Crippen LogP contribution in [0.15, 0.2) is 30.6 Å². The molecule has 136 valence electrons. The van der Waals surface area contributed by atoms with E-state index in [1.807, 2.05) is 0 Å². The second-order valence-electron chi connectivity index (χ2n) is 6.85. The van der Waals surface area contributed by atoms with Gasteiger partial charge in [-0.05, 0) is 31.9 Å². The monoisotopic (exact) mass is 351 g/mol. The Kier molecular flexibility index (Phi) is 4.84. The van der Waals surface area contributed by atoms with Crippen molar-refractivity contribution in [3.05, 3.63) is 47.7 Å². The minimum Gasteiger partial charge on any atom is -0.381 e. The molecule has 0 bridgehead atoms. The lowest BCUT2D eigenvalue weighted by molar-refractivity contribution is 0.193. The number of aryl methyl sites for hydroxylation is 1. The lowest BCUT2D eigenvalue weighted by Crippen LogP contribution is -2.27. The summed E-state index contributed by atoms with van der Waals surface area (Å²) in [6.07, 6.45) is 3.57. The number of ether oxygens (including phenoxy) is 1. The first-order valence-corrected chi connectivity index (χ1v) is 9.33. The van der Waals surface area contributed by atoms with Gasteiger partial charge in [-0.2, -0.15) is 0 Å². The Morgan fingerprint density at radius 3 is 3.00 bits per heavy atom. The number of anilines is 1. The van der Waals surface area contributed by atoms with Crippen LogP contribution >= 0.6 is 0 Å². The number of para-hydroxylation sites is 1. The molecule has 0 saturated carbocycles. The number of likely N-dealkylation sites (N-methyl/N-ethyl adjacent to an activating group) is 1. The van der Waals surface area contributed by atoms with Gasteiger partial charge in [-0.3, -0.25) is 0 Å². The number of aromatic amines is 1. The van der Waals surface area contributed by atoms with Crippen molar-refractivity contribution in [3.8, 4) is 0 Å². The third kappa shape index (κ3) is 3.42.